The van der Waals surface area contributed by atoms with Gasteiger partial charge >= 0.3 is 0 Å². The Kier molecular flexibility index (Phi) is 2.59. The van der Waals surface area contributed by atoms with E-state index < -0.39 is 0 Å². The van der Waals surface area contributed by atoms with Gasteiger partial charge in [0.05, 0.1) is 17.8 Å². The van der Waals surface area contributed by atoms with Crippen molar-refractivity contribution in [3.05, 3.63) is 24.3 Å². The van der Waals surface area contributed by atoms with Crippen LogP contribution in [0.2, 0.25) is 0 Å². The molecule has 1 aliphatic carbocycles. The lowest BCUT2D eigenvalue weighted by Gasteiger charge is -2.18. The molecule has 0 heterocycles. The van der Waals surface area contributed by atoms with Gasteiger partial charge in [0, 0.05) is 0 Å². The van der Waals surface area contributed by atoms with Crippen LogP contribution in [0.3, 0.4) is 0 Å². The summed E-state index contributed by atoms with van der Waals surface area (Å²) in [6.45, 7) is 0. The molecule has 2 rings (SSSR count). The number of aliphatic hydroxyl groups is 1. The van der Waals surface area contributed by atoms with Crippen molar-refractivity contribution >= 4 is 5.69 Å². The molecule has 0 spiro atoms. The van der Waals surface area contributed by atoms with Crippen LogP contribution in [0.1, 0.15) is 19.3 Å². The molecule has 0 bridgehead atoms. The van der Waals surface area contributed by atoms with Crippen LogP contribution in [0.4, 0.5) is 5.69 Å². The summed E-state index contributed by atoms with van der Waals surface area (Å²) in [6.07, 6.45) is 2.59. The van der Waals surface area contributed by atoms with Crippen LogP contribution in [0.15, 0.2) is 24.3 Å². The van der Waals surface area contributed by atoms with E-state index in [1.165, 1.54) is 0 Å². The number of hydrogen-bond donors (Lipinski definition) is 3. The zero-order valence-corrected chi connectivity index (χ0v) is 7.98. The van der Waals surface area contributed by atoms with Gasteiger partial charge in [-0.15, -0.1) is 0 Å². The van der Waals surface area contributed by atoms with Crippen LogP contribution >= 0.6 is 0 Å². The number of phenols is 1. The molecular weight excluding hydrogens is 178 g/mol. The number of benzene rings is 1. The Hall–Kier alpha value is -1.22. The highest BCUT2D eigenvalue weighted by Gasteiger charge is 2.25. The van der Waals surface area contributed by atoms with Crippen LogP contribution in [0.5, 0.6) is 5.75 Å². The van der Waals surface area contributed by atoms with E-state index in [-0.39, 0.29) is 17.9 Å². The molecule has 1 aromatic carbocycles. The molecule has 0 saturated heterocycles. The Morgan fingerprint density at radius 3 is 2.64 bits per heavy atom. The molecule has 1 aliphatic rings. The van der Waals surface area contributed by atoms with E-state index in [2.05, 4.69) is 5.32 Å². The molecule has 0 amide bonds. The van der Waals surface area contributed by atoms with Gasteiger partial charge in [-0.25, -0.2) is 0 Å². The highest BCUT2D eigenvalue weighted by Crippen LogP contribution is 2.27. The number of rotatable bonds is 2. The van der Waals surface area contributed by atoms with Crippen molar-refractivity contribution in [1.29, 1.82) is 0 Å². The third-order valence-corrected chi connectivity index (χ3v) is 2.72. The third-order valence-electron chi connectivity index (χ3n) is 2.72. The molecule has 2 atom stereocenters. The summed E-state index contributed by atoms with van der Waals surface area (Å²) in [4.78, 5) is 0. The standard InChI is InChI=1S/C11H15NO2/c13-10-6-2-1-4-8(10)12-9-5-3-7-11(9)14/h1-2,4,6,9,11-14H,3,5,7H2. The van der Waals surface area contributed by atoms with Crippen molar-refractivity contribution in [3.8, 4) is 5.75 Å². The highest BCUT2D eigenvalue weighted by molar-refractivity contribution is 5.56. The summed E-state index contributed by atoms with van der Waals surface area (Å²) < 4.78 is 0. The van der Waals surface area contributed by atoms with Crippen LogP contribution in [-0.4, -0.2) is 22.4 Å². The van der Waals surface area contributed by atoms with Crippen molar-refractivity contribution in [2.75, 3.05) is 5.32 Å². The van der Waals surface area contributed by atoms with E-state index in [0.29, 0.717) is 5.69 Å². The summed E-state index contributed by atoms with van der Waals surface area (Å²) in [7, 11) is 0. The summed E-state index contributed by atoms with van der Waals surface area (Å²) in [5.74, 6) is 0.242. The van der Waals surface area contributed by atoms with E-state index in [0.717, 1.165) is 19.3 Å². The predicted molar refractivity (Wildman–Crippen MR) is 55.4 cm³/mol. The van der Waals surface area contributed by atoms with Gasteiger partial charge in [-0.1, -0.05) is 12.1 Å². The van der Waals surface area contributed by atoms with Gasteiger partial charge < -0.3 is 15.5 Å². The normalized spacial score (nSPS) is 26.4. The molecule has 3 heteroatoms. The van der Waals surface area contributed by atoms with Gasteiger partial charge in [0.25, 0.3) is 0 Å². The molecule has 3 nitrogen and oxygen atoms in total. The second kappa shape index (κ2) is 3.88. The molecule has 0 aromatic heterocycles. The van der Waals surface area contributed by atoms with E-state index in [4.69, 9.17) is 0 Å². The maximum absolute atomic E-state index is 9.60. The molecule has 1 saturated carbocycles. The van der Waals surface area contributed by atoms with Crippen molar-refractivity contribution in [2.24, 2.45) is 0 Å². The van der Waals surface area contributed by atoms with Crippen LogP contribution in [0.25, 0.3) is 0 Å². The number of para-hydroxylation sites is 2. The van der Waals surface area contributed by atoms with Crippen LogP contribution in [0, 0.1) is 0 Å². The first kappa shape index (κ1) is 9.34. The summed E-state index contributed by atoms with van der Waals surface area (Å²) in [5.41, 5.74) is 0.707. The second-order valence-electron chi connectivity index (χ2n) is 3.77. The average Bonchev–Trinajstić information content (AvgIpc) is 2.56. The van der Waals surface area contributed by atoms with Gasteiger partial charge in [-0.2, -0.15) is 0 Å². The Morgan fingerprint density at radius 2 is 2.00 bits per heavy atom. The smallest absolute Gasteiger partial charge is 0.138 e. The van der Waals surface area contributed by atoms with Gasteiger partial charge in [0.1, 0.15) is 5.75 Å². The molecule has 3 N–H and O–H groups in total. The molecule has 0 aliphatic heterocycles. The Labute approximate surface area is 83.4 Å². The van der Waals surface area contributed by atoms with Gasteiger partial charge in [0.15, 0.2) is 0 Å². The van der Waals surface area contributed by atoms with E-state index in [1.807, 2.05) is 12.1 Å². The number of aromatic hydroxyl groups is 1. The SMILES string of the molecule is Oc1ccccc1NC1CCCC1O. The number of anilines is 1. The fourth-order valence-corrected chi connectivity index (χ4v) is 1.90. The average molecular weight is 193 g/mol. The zero-order chi connectivity index (χ0) is 9.97. The van der Waals surface area contributed by atoms with Crippen molar-refractivity contribution in [1.82, 2.24) is 0 Å². The minimum absolute atomic E-state index is 0.0864. The molecule has 2 unspecified atom stereocenters. The van der Waals surface area contributed by atoms with Gasteiger partial charge in [-0.05, 0) is 31.4 Å². The minimum Gasteiger partial charge on any atom is -0.506 e. The largest absolute Gasteiger partial charge is 0.506 e. The summed E-state index contributed by atoms with van der Waals surface area (Å²) >= 11 is 0. The number of aliphatic hydroxyl groups excluding tert-OH is 1. The monoisotopic (exact) mass is 193 g/mol. The van der Waals surface area contributed by atoms with Crippen molar-refractivity contribution < 1.29 is 10.2 Å². The number of hydrogen-bond acceptors (Lipinski definition) is 3. The third kappa shape index (κ3) is 1.82. The Bertz CT molecular complexity index is 314. The lowest BCUT2D eigenvalue weighted by atomic mass is 10.2. The first-order valence-electron chi connectivity index (χ1n) is 5.00. The summed E-state index contributed by atoms with van der Waals surface area (Å²) in [6, 6.07) is 7.20. The number of nitrogens with one attached hydrogen (secondary N) is 1. The molecule has 1 fully saturated rings. The second-order valence-corrected chi connectivity index (χ2v) is 3.77. The van der Waals surface area contributed by atoms with Gasteiger partial charge in [0.2, 0.25) is 0 Å². The highest BCUT2D eigenvalue weighted by atomic mass is 16.3. The van der Waals surface area contributed by atoms with Crippen molar-refractivity contribution in [2.45, 2.75) is 31.4 Å². The Balaban J connectivity index is 2.07. The summed E-state index contributed by atoms with van der Waals surface area (Å²) in [5, 5.41) is 22.3. The lowest BCUT2D eigenvalue weighted by molar-refractivity contribution is 0.171. The lowest BCUT2D eigenvalue weighted by Crippen LogP contribution is -2.27. The molecule has 14 heavy (non-hydrogen) atoms. The number of phenolic OH excluding ortho intramolecular Hbond substituents is 1. The predicted octanol–water partition coefficient (Wildman–Crippen LogP) is 1.72. The Morgan fingerprint density at radius 1 is 1.21 bits per heavy atom. The fraction of sp³-hybridized carbons (Fsp3) is 0.455. The van der Waals surface area contributed by atoms with E-state index in [9.17, 15) is 10.2 Å². The maximum atomic E-state index is 9.60. The minimum atomic E-state index is -0.283. The van der Waals surface area contributed by atoms with Crippen LogP contribution in [-0.2, 0) is 0 Å². The van der Waals surface area contributed by atoms with E-state index in [1.54, 1.807) is 12.1 Å². The fourth-order valence-electron chi connectivity index (χ4n) is 1.90. The zero-order valence-electron chi connectivity index (χ0n) is 7.98. The topological polar surface area (TPSA) is 52.5 Å². The molecule has 76 valence electrons. The van der Waals surface area contributed by atoms with Gasteiger partial charge in [-0.3, -0.25) is 0 Å². The quantitative estimate of drug-likeness (QED) is 0.627. The first-order valence-corrected chi connectivity index (χ1v) is 5.00. The first-order chi connectivity index (χ1) is 6.77. The molecule has 0 radical (unpaired) electrons. The van der Waals surface area contributed by atoms with Crippen molar-refractivity contribution in [3.63, 3.8) is 0 Å². The van der Waals surface area contributed by atoms with E-state index >= 15 is 0 Å². The molecular formula is C11H15NO2. The maximum Gasteiger partial charge on any atom is 0.138 e. The molecule has 1 aromatic rings. The van der Waals surface area contributed by atoms with Crippen LogP contribution < -0.4 is 5.32 Å².